The molecule has 1 aromatic carbocycles. The first kappa shape index (κ1) is 16.1. The molecule has 0 fully saturated rings. The summed E-state index contributed by atoms with van der Waals surface area (Å²) < 4.78 is 7.47. The number of nitrogens with one attached hydrogen (secondary N) is 1. The first-order valence-corrected chi connectivity index (χ1v) is 8.02. The molecule has 3 nitrogen and oxygen atoms in total. The summed E-state index contributed by atoms with van der Waals surface area (Å²) in [7, 11) is 1.74. The van der Waals surface area contributed by atoms with Crippen LogP contribution in [-0.4, -0.2) is 24.8 Å². The number of fused-ring (bicyclic) bond motifs is 1. The normalized spacial score (nSPS) is 12.9. The maximum Gasteiger partial charge on any atom is 0.0587 e. The highest BCUT2D eigenvalue weighted by Gasteiger charge is 2.08. The lowest BCUT2D eigenvalue weighted by atomic mass is 10.1. The highest BCUT2D eigenvalue weighted by atomic mass is 16.5. The van der Waals surface area contributed by atoms with Gasteiger partial charge in [-0.1, -0.05) is 32.4 Å². The zero-order chi connectivity index (χ0) is 15.1. The Kier molecular flexibility index (Phi) is 6.27. The second-order valence-electron chi connectivity index (χ2n) is 5.88. The van der Waals surface area contributed by atoms with Crippen molar-refractivity contribution in [3.05, 3.63) is 36.0 Å². The SMILES string of the molecule is CCCC(C)Cn1ccc2c(CNCCOC)cccc21. The maximum atomic E-state index is 5.07. The third-order valence-corrected chi connectivity index (χ3v) is 3.99. The van der Waals surface area contributed by atoms with E-state index in [4.69, 9.17) is 4.74 Å². The van der Waals surface area contributed by atoms with E-state index in [0.29, 0.717) is 0 Å². The van der Waals surface area contributed by atoms with E-state index >= 15 is 0 Å². The van der Waals surface area contributed by atoms with Crippen LogP contribution in [0, 0.1) is 5.92 Å². The molecule has 21 heavy (non-hydrogen) atoms. The van der Waals surface area contributed by atoms with E-state index in [2.05, 4.69) is 54.2 Å². The Bertz CT molecular complexity index is 547. The van der Waals surface area contributed by atoms with E-state index in [0.717, 1.165) is 32.2 Å². The molecule has 0 radical (unpaired) electrons. The fraction of sp³-hybridized carbons (Fsp3) is 0.556. The van der Waals surface area contributed by atoms with Gasteiger partial charge in [0, 0.05) is 43.8 Å². The minimum Gasteiger partial charge on any atom is -0.383 e. The molecule has 116 valence electrons. The van der Waals surface area contributed by atoms with Crippen LogP contribution in [-0.2, 0) is 17.8 Å². The number of methoxy groups -OCH3 is 1. The molecular weight excluding hydrogens is 260 g/mol. The molecular formula is C18H28N2O. The summed E-state index contributed by atoms with van der Waals surface area (Å²) in [6, 6.07) is 8.85. The second-order valence-corrected chi connectivity index (χ2v) is 5.88. The molecule has 0 saturated carbocycles. The lowest BCUT2D eigenvalue weighted by molar-refractivity contribution is 0.199. The molecule has 0 spiro atoms. The zero-order valence-corrected chi connectivity index (χ0v) is 13.6. The molecule has 0 aliphatic heterocycles. The lowest BCUT2D eigenvalue weighted by Crippen LogP contribution is -2.18. The quantitative estimate of drug-likeness (QED) is 0.710. The number of nitrogens with zero attached hydrogens (tertiary/aromatic N) is 1. The molecule has 0 aliphatic carbocycles. The van der Waals surface area contributed by atoms with Crippen LogP contribution >= 0.6 is 0 Å². The predicted molar refractivity (Wildman–Crippen MR) is 89.6 cm³/mol. The summed E-state index contributed by atoms with van der Waals surface area (Å²) in [6.07, 6.45) is 4.78. The molecule has 1 unspecified atom stereocenters. The first-order valence-electron chi connectivity index (χ1n) is 8.02. The monoisotopic (exact) mass is 288 g/mol. The topological polar surface area (TPSA) is 26.2 Å². The maximum absolute atomic E-state index is 5.07. The number of ether oxygens (including phenoxy) is 1. The van der Waals surface area contributed by atoms with Gasteiger partial charge in [-0.05, 0) is 30.0 Å². The van der Waals surface area contributed by atoms with Gasteiger partial charge in [0.2, 0.25) is 0 Å². The zero-order valence-electron chi connectivity index (χ0n) is 13.6. The van der Waals surface area contributed by atoms with E-state index in [1.807, 2.05) is 0 Å². The van der Waals surface area contributed by atoms with Crippen LogP contribution in [0.5, 0.6) is 0 Å². The van der Waals surface area contributed by atoms with Crippen molar-refractivity contribution < 1.29 is 4.74 Å². The highest BCUT2D eigenvalue weighted by molar-refractivity contribution is 5.83. The summed E-state index contributed by atoms with van der Waals surface area (Å²) >= 11 is 0. The van der Waals surface area contributed by atoms with Crippen molar-refractivity contribution in [1.29, 1.82) is 0 Å². The predicted octanol–water partition coefficient (Wildman–Crippen LogP) is 3.81. The minimum atomic E-state index is 0.731. The van der Waals surface area contributed by atoms with Gasteiger partial charge >= 0.3 is 0 Å². The molecule has 2 rings (SSSR count). The smallest absolute Gasteiger partial charge is 0.0587 e. The average Bonchev–Trinajstić information content (AvgIpc) is 2.88. The van der Waals surface area contributed by atoms with Crippen molar-refractivity contribution in [3.63, 3.8) is 0 Å². The minimum absolute atomic E-state index is 0.731. The average molecular weight is 288 g/mol. The van der Waals surface area contributed by atoms with Gasteiger partial charge in [0.05, 0.1) is 6.61 Å². The van der Waals surface area contributed by atoms with Crippen molar-refractivity contribution in [2.75, 3.05) is 20.3 Å². The number of hydrogen-bond donors (Lipinski definition) is 1. The summed E-state index contributed by atoms with van der Waals surface area (Å²) in [5.41, 5.74) is 2.72. The lowest BCUT2D eigenvalue weighted by Gasteiger charge is -2.13. The van der Waals surface area contributed by atoms with Crippen molar-refractivity contribution in [2.24, 2.45) is 5.92 Å². The summed E-state index contributed by atoms with van der Waals surface area (Å²) in [4.78, 5) is 0. The molecule has 1 N–H and O–H groups in total. The fourth-order valence-corrected chi connectivity index (χ4v) is 2.92. The van der Waals surface area contributed by atoms with Gasteiger partial charge in [-0.2, -0.15) is 0 Å². The Morgan fingerprint density at radius 1 is 1.29 bits per heavy atom. The second kappa shape index (κ2) is 8.20. The molecule has 1 aromatic heterocycles. The Hall–Kier alpha value is -1.32. The van der Waals surface area contributed by atoms with Gasteiger partial charge in [0.15, 0.2) is 0 Å². The third kappa shape index (κ3) is 4.32. The Labute approximate surface area is 128 Å². The number of aromatic nitrogens is 1. The summed E-state index contributed by atoms with van der Waals surface area (Å²) in [6.45, 7) is 8.25. The Balaban J connectivity index is 2.09. The van der Waals surface area contributed by atoms with Crippen molar-refractivity contribution >= 4 is 10.9 Å². The van der Waals surface area contributed by atoms with Crippen LogP contribution in [0.15, 0.2) is 30.5 Å². The molecule has 1 heterocycles. The van der Waals surface area contributed by atoms with Crippen molar-refractivity contribution in [1.82, 2.24) is 9.88 Å². The van der Waals surface area contributed by atoms with Crippen LogP contribution in [0.3, 0.4) is 0 Å². The van der Waals surface area contributed by atoms with E-state index < -0.39 is 0 Å². The molecule has 0 amide bonds. The van der Waals surface area contributed by atoms with Crippen molar-refractivity contribution in [2.45, 2.75) is 39.8 Å². The number of rotatable bonds is 9. The van der Waals surface area contributed by atoms with Gasteiger partial charge < -0.3 is 14.6 Å². The van der Waals surface area contributed by atoms with E-state index in [1.165, 1.54) is 29.3 Å². The van der Waals surface area contributed by atoms with Gasteiger partial charge in [-0.15, -0.1) is 0 Å². The molecule has 0 saturated heterocycles. The van der Waals surface area contributed by atoms with Crippen LogP contribution in [0.2, 0.25) is 0 Å². The number of hydrogen-bond acceptors (Lipinski definition) is 2. The summed E-state index contributed by atoms with van der Waals surface area (Å²) in [5, 5.41) is 4.80. The van der Waals surface area contributed by atoms with Gasteiger partial charge in [0.25, 0.3) is 0 Å². The highest BCUT2D eigenvalue weighted by Crippen LogP contribution is 2.22. The largest absolute Gasteiger partial charge is 0.383 e. The Morgan fingerprint density at radius 2 is 2.14 bits per heavy atom. The van der Waals surface area contributed by atoms with Crippen molar-refractivity contribution in [3.8, 4) is 0 Å². The number of benzene rings is 1. The van der Waals surface area contributed by atoms with Gasteiger partial charge in [0.1, 0.15) is 0 Å². The first-order chi connectivity index (χ1) is 10.3. The Morgan fingerprint density at radius 3 is 2.90 bits per heavy atom. The van der Waals surface area contributed by atoms with E-state index in [9.17, 15) is 0 Å². The summed E-state index contributed by atoms with van der Waals surface area (Å²) in [5.74, 6) is 0.731. The van der Waals surface area contributed by atoms with Crippen LogP contribution < -0.4 is 5.32 Å². The molecule has 0 bridgehead atoms. The molecule has 3 heteroatoms. The fourth-order valence-electron chi connectivity index (χ4n) is 2.92. The third-order valence-electron chi connectivity index (χ3n) is 3.99. The van der Waals surface area contributed by atoms with E-state index in [1.54, 1.807) is 7.11 Å². The molecule has 1 atom stereocenters. The molecule has 0 aliphatic rings. The molecule has 2 aromatic rings. The van der Waals surface area contributed by atoms with Crippen LogP contribution in [0.1, 0.15) is 32.3 Å². The standard InChI is InChI=1S/C18H28N2O/c1-4-6-15(2)14-20-11-9-17-16(7-5-8-18(17)20)13-19-10-12-21-3/h5,7-9,11,15,19H,4,6,10,12-14H2,1-3H3. The van der Waals surface area contributed by atoms with Crippen LogP contribution in [0.25, 0.3) is 10.9 Å². The van der Waals surface area contributed by atoms with E-state index in [-0.39, 0.29) is 0 Å². The van der Waals surface area contributed by atoms with Gasteiger partial charge in [-0.3, -0.25) is 0 Å². The van der Waals surface area contributed by atoms with Gasteiger partial charge in [-0.25, -0.2) is 0 Å². The van der Waals surface area contributed by atoms with Crippen LogP contribution in [0.4, 0.5) is 0 Å².